The number of hydrogen-bond acceptors (Lipinski definition) is 4. The van der Waals surface area contributed by atoms with E-state index >= 15 is 0 Å². The molecule has 1 unspecified atom stereocenters. The molecular weight excluding hydrogens is 232 g/mol. The first-order chi connectivity index (χ1) is 8.60. The molecule has 0 N–H and O–H groups in total. The first kappa shape index (κ1) is 16.9. The van der Waals surface area contributed by atoms with Crippen LogP contribution in [0.5, 0.6) is 0 Å². The molecule has 0 amide bonds. The molecule has 0 spiro atoms. The van der Waals surface area contributed by atoms with Crippen molar-refractivity contribution in [3.63, 3.8) is 0 Å². The molecule has 0 rings (SSSR count). The Balaban J connectivity index is 3.44. The minimum atomic E-state index is -0.115. The average Bonchev–Trinajstić information content (AvgIpc) is 2.33. The molecule has 0 aliphatic rings. The first-order valence-corrected chi connectivity index (χ1v) is 6.91. The fourth-order valence-corrected chi connectivity index (χ4v) is 1.74. The lowest BCUT2D eigenvalue weighted by Crippen LogP contribution is -2.07. The minimum absolute atomic E-state index is 0.114. The van der Waals surface area contributed by atoms with Gasteiger partial charge in [-0.05, 0) is 32.6 Å². The van der Waals surface area contributed by atoms with Gasteiger partial charge in [-0.1, -0.05) is 19.8 Å². The lowest BCUT2D eigenvalue weighted by Gasteiger charge is -2.10. The van der Waals surface area contributed by atoms with Gasteiger partial charge in [0.2, 0.25) is 0 Å². The number of esters is 2. The van der Waals surface area contributed by atoms with E-state index in [0.29, 0.717) is 32.0 Å². The van der Waals surface area contributed by atoms with Crippen molar-refractivity contribution < 1.29 is 19.1 Å². The van der Waals surface area contributed by atoms with Crippen molar-refractivity contribution in [1.29, 1.82) is 0 Å². The highest BCUT2D eigenvalue weighted by Crippen LogP contribution is 2.15. The molecule has 0 saturated carbocycles. The van der Waals surface area contributed by atoms with E-state index in [9.17, 15) is 9.59 Å². The summed E-state index contributed by atoms with van der Waals surface area (Å²) in [6.07, 6.45) is 4.76. The van der Waals surface area contributed by atoms with Crippen molar-refractivity contribution in [1.82, 2.24) is 0 Å². The minimum Gasteiger partial charge on any atom is -0.466 e. The van der Waals surface area contributed by atoms with Crippen LogP contribution in [-0.2, 0) is 19.1 Å². The Labute approximate surface area is 110 Å². The third-order valence-electron chi connectivity index (χ3n) is 2.78. The maximum absolute atomic E-state index is 11.2. The van der Waals surface area contributed by atoms with Crippen molar-refractivity contribution in [3.05, 3.63) is 0 Å². The van der Waals surface area contributed by atoms with Gasteiger partial charge >= 0.3 is 11.9 Å². The smallest absolute Gasteiger partial charge is 0.305 e. The van der Waals surface area contributed by atoms with Gasteiger partial charge in [0.15, 0.2) is 0 Å². The molecular formula is C14H26O4. The second kappa shape index (κ2) is 11.1. The van der Waals surface area contributed by atoms with E-state index in [1.807, 2.05) is 13.8 Å². The van der Waals surface area contributed by atoms with Gasteiger partial charge in [-0.15, -0.1) is 0 Å². The summed E-state index contributed by atoms with van der Waals surface area (Å²) >= 11 is 0. The van der Waals surface area contributed by atoms with E-state index in [4.69, 9.17) is 9.47 Å². The van der Waals surface area contributed by atoms with E-state index in [1.54, 1.807) is 0 Å². The van der Waals surface area contributed by atoms with Gasteiger partial charge in [-0.25, -0.2) is 0 Å². The van der Waals surface area contributed by atoms with Gasteiger partial charge < -0.3 is 9.47 Å². The average molecular weight is 258 g/mol. The van der Waals surface area contributed by atoms with Crippen LogP contribution in [0.1, 0.15) is 59.3 Å². The topological polar surface area (TPSA) is 52.6 Å². The molecule has 0 aromatic heterocycles. The van der Waals surface area contributed by atoms with E-state index < -0.39 is 0 Å². The van der Waals surface area contributed by atoms with Crippen molar-refractivity contribution >= 4 is 11.9 Å². The molecule has 0 bridgehead atoms. The third kappa shape index (κ3) is 10.1. The Hall–Kier alpha value is -1.06. The number of carbonyl (C=O) groups excluding carboxylic acids is 2. The second-order valence-corrected chi connectivity index (χ2v) is 4.50. The third-order valence-corrected chi connectivity index (χ3v) is 2.78. The summed E-state index contributed by atoms with van der Waals surface area (Å²) in [7, 11) is 0. The molecule has 0 radical (unpaired) electrons. The molecule has 0 aliphatic carbocycles. The van der Waals surface area contributed by atoms with Crippen LogP contribution in [0.15, 0.2) is 0 Å². The summed E-state index contributed by atoms with van der Waals surface area (Å²) in [4.78, 5) is 22.2. The molecule has 0 fully saturated rings. The summed E-state index contributed by atoms with van der Waals surface area (Å²) in [6, 6.07) is 0. The number of rotatable bonds is 10. The fraction of sp³-hybridized carbons (Fsp3) is 0.857. The Morgan fingerprint density at radius 2 is 1.44 bits per heavy atom. The largest absolute Gasteiger partial charge is 0.466 e. The van der Waals surface area contributed by atoms with E-state index in [1.165, 1.54) is 0 Å². The molecule has 0 saturated heterocycles. The Bertz CT molecular complexity index is 238. The maximum atomic E-state index is 11.2. The Kier molecular flexibility index (Phi) is 10.4. The van der Waals surface area contributed by atoms with Crippen LogP contribution in [-0.4, -0.2) is 25.2 Å². The van der Waals surface area contributed by atoms with Crippen LogP contribution in [0.25, 0.3) is 0 Å². The summed E-state index contributed by atoms with van der Waals surface area (Å²) < 4.78 is 9.73. The molecule has 1 atom stereocenters. The maximum Gasteiger partial charge on any atom is 0.305 e. The zero-order valence-corrected chi connectivity index (χ0v) is 11.9. The van der Waals surface area contributed by atoms with Crippen LogP contribution in [0.4, 0.5) is 0 Å². The van der Waals surface area contributed by atoms with Gasteiger partial charge in [0, 0.05) is 12.8 Å². The Morgan fingerprint density at radius 1 is 0.889 bits per heavy atom. The summed E-state index contributed by atoms with van der Waals surface area (Å²) in [6.45, 7) is 6.66. The van der Waals surface area contributed by atoms with Crippen LogP contribution in [0, 0.1) is 5.92 Å². The zero-order chi connectivity index (χ0) is 13.8. The van der Waals surface area contributed by atoms with Crippen molar-refractivity contribution in [3.8, 4) is 0 Å². The van der Waals surface area contributed by atoms with Crippen LogP contribution in [0.3, 0.4) is 0 Å². The zero-order valence-electron chi connectivity index (χ0n) is 11.9. The molecule has 0 aliphatic heterocycles. The van der Waals surface area contributed by atoms with E-state index in [2.05, 4.69) is 6.92 Å². The Morgan fingerprint density at radius 3 is 2.00 bits per heavy atom. The highest BCUT2D eigenvalue weighted by atomic mass is 16.5. The van der Waals surface area contributed by atoms with Crippen LogP contribution < -0.4 is 0 Å². The number of hydrogen-bond donors (Lipinski definition) is 0. The lowest BCUT2D eigenvalue weighted by molar-refractivity contribution is -0.144. The summed E-state index contributed by atoms with van der Waals surface area (Å²) in [5.41, 5.74) is 0. The standard InChI is InChI=1S/C14H26O4/c1-4-17-13(15)9-7-6-8-12(3)10-11-14(16)18-5-2/h12H,4-11H2,1-3H3. The second-order valence-electron chi connectivity index (χ2n) is 4.50. The number of unbranched alkanes of at least 4 members (excludes halogenated alkanes) is 1. The van der Waals surface area contributed by atoms with Gasteiger partial charge in [0.1, 0.15) is 0 Å². The number of carbonyl (C=O) groups is 2. The SMILES string of the molecule is CCOC(=O)CCCCC(C)CCC(=O)OCC. The quantitative estimate of drug-likeness (QED) is 0.446. The van der Waals surface area contributed by atoms with Crippen LogP contribution in [0.2, 0.25) is 0 Å². The molecule has 18 heavy (non-hydrogen) atoms. The predicted molar refractivity (Wildman–Crippen MR) is 70.1 cm³/mol. The molecule has 0 heterocycles. The van der Waals surface area contributed by atoms with E-state index in [-0.39, 0.29) is 11.9 Å². The number of ether oxygens (including phenoxy) is 2. The first-order valence-electron chi connectivity index (χ1n) is 6.91. The summed E-state index contributed by atoms with van der Waals surface area (Å²) in [5.74, 6) is 0.268. The summed E-state index contributed by atoms with van der Waals surface area (Å²) in [5, 5.41) is 0. The lowest BCUT2D eigenvalue weighted by atomic mass is 9.98. The van der Waals surface area contributed by atoms with Crippen molar-refractivity contribution in [2.45, 2.75) is 59.3 Å². The predicted octanol–water partition coefficient (Wildman–Crippen LogP) is 3.09. The molecule has 4 heteroatoms. The van der Waals surface area contributed by atoms with Gasteiger partial charge in [0.25, 0.3) is 0 Å². The van der Waals surface area contributed by atoms with Gasteiger partial charge in [0.05, 0.1) is 13.2 Å². The van der Waals surface area contributed by atoms with Crippen molar-refractivity contribution in [2.24, 2.45) is 5.92 Å². The van der Waals surface area contributed by atoms with Gasteiger partial charge in [-0.3, -0.25) is 9.59 Å². The monoisotopic (exact) mass is 258 g/mol. The molecule has 0 aromatic carbocycles. The molecule has 4 nitrogen and oxygen atoms in total. The highest BCUT2D eigenvalue weighted by Gasteiger charge is 2.08. The normalized spacial score (nSPS) is 11.9. The van der Waals surface area contributed by atoms with Crippen LogP contribution >= 0.6 is 0 Å². The highest BCUT2D eigenvalue weighted by molar-refractivity contribution is 5.69. The van der Waals surface area contributed by atoms with Crippen molar-refractivity contribution in [2.75, 3.05) is 13.2 Å². The van der Waals surface area contributed by atoms with E-state index in [0.717, 1.165) is 25.7 Å². The fourth-order valence-electron chi connectivity index (χ4n) is 1.74. The molecule has 106 valence electrons. The van der Waals surface area contributed by atoms with Gasteiger partial charge in [-0.2, -0.15) is 0 Å². The molecule has 0 aromatic rings.